The molecule has 2 fully saturated rings. The van der Waals surface area contributed by atoms with E-state index in [1.807, 2.05) is 24.3 Å². The molecule has 0 saturated carbocycles. The Labute approximate surface area is 166 Å². The maximum absolute atomic E-state index is 12.2. The molecule has 2 amide bonds. The molecule has 2 saturated heterocycles. The maximum atomic E-state index is 12.2. The highest BCUT2D eigenvalue weighted by molar-refractivity contribution is 5.76. The molecular weight excluding hydrogens is 358 g/mol. The van der Waals surface area contributed by atoms with Crippen molar-refractivity contribution in [1.82, 2.24) is 15.1 Å². The molecule has 7 heteroatoms. The molecule has 3 rings (SSSR count). The average Bonchev–Trinajstić information content (AvgIpc) is 3.23. The fraction of sp³-hybridized carbons (Fsp3) is 0.619. The van der Waals surface area contributed by atoms with Gasteiger partial charge < -0.3 is 20.1 Å². The van der Waals surface area contributed by atoms with Gasteiger partial charge in [0.1, 0.15) is 12.4 Å². The lowest BCUT2D eigenvalue weighted by atomic mass is 9.99. The third-order valence-corrected chi connectivity index (χ3v) is 5.55. The number of hydrogen-bond acceptors (Lipinski definition) is 4. The molecule has 0 bridgehead atoms. The van der Waals surface area contributed by atoms with Gasteiger partial charge in [-0.3, -0.25) is 9.69 Å². The zero-order valence-corrected chi connectivity index (χ0v) is 16.4. The fourth-order valence-corrected chi connectivity index (χ4v) is 3.84. The minimum absolute atomic E-state index is 0.173. The fourth-order valence-electron chi connectivity index (χ4n) is 3.84. The van der Waals surface area contributed by atoms with E-state index in [1.165, 1.54) is 25.9 Å². The number of carboxylic acid groups (broad SMARTS) is 1. The second-order valence-corrected chi connectivity index (χ2v) is 7.65. The number of ether oxygens (including phenoxy) is 1. The number of nitrogens with one attached hydrogen (secondary N) is 1. The Hall–Kier alpha value is -2.28. The Morgan fingerprint density at radius 2 is 1.86 bits per heavy atom. The van der Waals surface area contributed by atoms with E-state index in [4.69, 9.17) is 9.84 Å². The Kier molecular flexibility index (Phi) is 7.54. The quantitative estimate of drug-likeness (QED) is 0.712. The van der Waals surface area contributed by atoms with E-state index in [9.17, 15) is 9.59 Å². The lowest BCUT2D eigenvalue weighted by molar-refractivity contribution is -0.143. The second-order valence-electron chi connectivity index (χ2n) is 7.65. The number of rotatable bonds is 8. The third-order valence-electron chi connectivity index (χ3n) is 5.55. The van der Waals surface area contributed by atoms with E-state index in [1.54, 1.807) is 4.90 Å². The van der Waals surface area contributed by atoms with Crippen molar-refractivity contribution in [3.8, 4) is 5.75 Å². The summed E-state index contributed by atoms with van der Waals surface area (Å²) in [6, 6.07) is 7.83. The van der Waals surface area contributed by atoms with E-state index in [2.05, 4.69) is 10.2 Å². The first-order valence-electron chi connectivity index (χ1n) is 10.3. The molecule has 2 aliphatic rings. The minimum Gasteiger partial charge on any atom is -0.492 e. The van der Waals surface area contributed by atoms with Gasteiger partial charge in [-0.2, -0.15) is 0 Å². The molecule has 0 aromatic heterocycles. The summed E-state index contributed by atoms with van der Waals surface area (Å²) in [6.45, 7) is 5.51. The molecular formula is C21H31N3O4. The molecule has 154 valence electrons. The Bertz CT molecular complexity index is 644. The van der Waals surface area contributed by atoms with Crippen LogP contribution >= 0.6 is 0 Å². The van der Waals surface area contributed by atoms with Crippen LogP contribution in [0.3, 0.4) is 0 Å². The third kappa shape index (κ3) is 6.12. The van der Waals surface area contributed by atoms with Crippen molar-refractivity contribution >= 4 is 12.0 Å². The van der Waals surface area contributed by atoms with Crippen molar-refractivity contribution in [2.24, 2.45) is 5.92 Å². The zero-order valence-electron chi connectivity index (χ0n) is 16.4. The number of benzene rings is 1. The summed E-state index contributed by atoms with van der Waals surface area (Å²) in [6.07, 6.45) is 4.71. The molecule has 2 N–H and O–H groups in total. The molecule has 1 aromatic carbocycles. The number of likely N-dealkylation sites (tertiary alicyclic amines) is 2. The summed E-state index contributed by atoms with van der Waals surface area (Å²) in [7, 11) is 0. The summed E-state index contributed by atoms with van der Waals surface area (Å²) in [4.78, 5) is 27.4. The highest BCUT2D eigenvalue weighted by Gasteiger charge is 2.27. The van der Waals surface area contributed by atoms with E-state index < -0.39 is 11.9 Å². The van der Waals surface area contributed by atoms with Crippen molar-refractivity contribution in [2.45, 2.75) is 32.1 Å². The van der Waals surface area contributed by atoms with Gasteiger partial charge in [-0.1, -0.05) is 12.1 Å². The van der Waals surface area contributed by atoms with Crippen LogP contribution in [0.5, 0.6) is 5.75 Å². The van der Waals surface area contributed by atoms with E-state index in [-0.39, 0.29) is 6.03 Å². The SMILES string of the molecule is O=C(O)C1CCCN(C(=O)NCCc2ccc(OCCN3CCCC3)cc2)C1. The molecule has 7 nitrogen and oxygen atoms in total. The van der Waals surface area contributed by atoms with Crippen LogP contribution < -0.4 is 10.1 Å². The molecule has 2 aliphatic heterocycles. The van der Waals surface area contributed by atoms with Gasteiger partial charge in [-0.15, -0.1) is 0 Å². The van der Waals surface area contributed by atoms with Crippen molar-refractivity contribution in [1.29, 1.82) is 0 Å². The van der Waals surface area contributed by atoms with Crippen LogP contribution in [0.4, 0.5) is 4.79 Å². The average molecular weight is 389 g/mol. The van der Waals surface area contributed by atoms with Crippen molar-refractivity contribution in [3.05, 3.63) is 29.8 Å². The topological polar surface area (TPSA) is 82.1 Å². The maximum Gasteiger partial charge on any atom is 0.317 e. The van der Waals surface area contributed by atoms with Crippen LogP contribution in [-0.4, -0.2) is 72.8 Å². The van der Waals surface area contributed by atoms with Gasteiger partial charge in [0, 0.05) is 26.2 Å². The number of urea groups is 1. The van der Waals surface area contributed by atoms with Crippen LogP contribution in [0.15, 0.2) is 24.3 Å². The second kappa shape index (κ2) is 10.3. The monoisotopic (exact) mass is 389 g/mol. The lowest BCUT2D eigenvalue weighted by Crippen LogP contribution is -2.47. The van der Waals surface area contributed by atoms with Gasteiger partial charge >= 0.3 is 12.0 Å². The number of piperidine rings is 1. The Morgan fingerprint density at radius 3 is 2.57 bits per heavy atom. The first kappa shape index (κ1) is 20.5. The van der Waals surface area contributed by atoms with Gasteiger partial charge in [0.25, 0.3) is 0 Å². The zero-order chi connectivity index (χ0) is 19.8. The highest BCUT2D eigenvalue weighted by Crippen LogP contribution is 2.17. The molecule has 1 unspecified atom stereocenters. The smallest absolute Gasteiger partial charge is 0.317 e. The number of nitrogens with zero attached hydrogens (tertiary/aromatic N) is 2. The van der Waals surface area contributed by atoms with Gasteiger partial charge in [0.2, 0.25) is 0 Å². The van der Waals surface area contributed by atoms with Crippen LogP contribution in [0, 0.1) is 5.92 Å². The number of amides is 2. The predicted octanol–water partition coefficient (Wildman–Crippen LogP) is 2.21. The number of hydrogen-bond donors (Lipinski definition) is 2. The van der Waals surface area contributed by atoms with Gasteiger partial charge in [-0.25, -0.2) is 4.79 Å². The van der Waals surface area contributed by atoms with Crippen molar-refractivity contribution < 1.29 is 19.4 Å². The minimum atomic E-state index is -0.819. The van der Waals surface area contributed by atoms with Crippen molar-refractivity contribution in [2.75, 3.05) is 45.9 Å². The largest absolute Gasteiger partial charge is 0.492 e. The number of carboxylic acids is 1. The van der Waals surface area contributed by atoms with Crippen LogP contribution in [0.25, 0.3) is 0 Å². The number of carbonyl (C=O) groups is 2. The van der Waals surface area contributed by atoms with Crippen LogP contribution in [0.1, 0.15) is 31.2 Å². The summed E-state index contributed by atoms with van der Waals surface area (Å²) < 4.78 is 5.81. The number of carbonyl (C=O) groups excluding carboxylic acids is 1. The Morgan fingerprint density at radius 1 is 1.11 bits per heavy atom. The predicted molar refractivity (Wildman–Crippen MR) is 107 cm³/mol. The van der Waals surface area contributed by atoms with E-state index in [0.717, 1.165) is 30.7 Å². The number of aliphatic carboxylic acids is 1. The first-order valence-corrected chi connectivity index (χ1v) is 10.3. The molecule has 2 heterocycles. The Balaban J connectivity index is 1.34. The standard InChI is InChI=1S/C21H31N3O4/c25-20(26)18-4-3-13-24(16-18)21(27)22-10-9-17-5-7-19(8-6-17)28-15-14-23-11-1-2-12-23/h5-8,18H,1-4,9-16H2,(H,22,27)(H,25,26). The normalized spacial score (nSPS) is 20.1. The molecule has 28 heavy (non-hydrogen) atoms. The lowest BCUT2D eigenvalue weighted by Gasteiger charge is -2.30. The van der Waals surface area contributed by atoms with Gasteiger partial charge in [0.15, 0.2) is 0 Å². The van der Waals surface area contributed by atoms with E-state index in [0.29, 0.717) is 32.7 Å². The van der Waals surface area contributed by atoms with Gasteiger partial charge in [0.05, 0.1) is 5.92 Å². The molecule has 1 atom stereocenters. The molecule has 0 aliphatic carbocycles. The molecule has 0 radical (unpaired) electrons. The molecule has 1 aromatic rings. The van der Waals surface area contributed by atoms with Crippen LogP contribution in [-0.2, 0) is 11.2 Å². The summed E-state index contributed by atoms with van der Waals surface area (Å²) in [5, 5.41) is 12.0. The summed E-state index contributed by atoms with van der Waals surface area (Å²) in [5.41, 5.74) is 1.13. The highest BCUT2D eigenvalue weighted by atomic mass is 16.5. The van der Waals surface area contributed by atoms with E-state index >= 15 is 0 Å². The van der Waals surface area contributed by atoms with Crippen molar-refractivity contribution in [3.63, 3.8) is 0 Å². The first-order chi connectivity index (χ1) is 13.6. The molecule has 0 spiro atoms. The summed E-state index contributed by atoms with van der Waals surface area (Å²) in [5.74, 6) is -0.391. The van der Waals surface area contributed by atoms with Gasteiger partial charge in [-0.05, 0) is 62.9 Å². The summed E-state index contributed by atoms with van der Waals surface area (Å²) >= 11 is 0. The van der Waals surface area contributed by atoms with Crippen LogP contribution in [0.2, 0.25) is 0 Å².